The minimum Gasteiger partial charge on any atom is -0.495 e. The lowest BCUT2D eigenvalue weighted by atomic mass is 10.2. The fourth-order valence-electron chi connectivity index (χ4n) is 2.01. The zero-order valence-corrected chi connectivity index (χ0v) is 13.4. The van der Waals surface area contributed by atoms with Crippen LogP contribution in [0, 0.1) is 0 Å². The molecule has 0 saturated heterocycles. The molecular weight excluding hydrogens is 300 g/mol. The molecule has 22 heavy (non-hydrogen) atoms. The molecule has 0 spiro atoms. The number of hydrogen-bond donors (Lipinski definition) is 2. The van der Waals surface area contributed by atoms with E-state index in [9.17, 15) is 4.79 Å². The van der Waals surface area contributed by atoms with Crippen LogP contribution in [0.5, 0.6) is 5.75 Å². The van der Waals surface area contributed by atoms with Crippen LogP contribution in [0.2, 0.25) is 5.02 Å². The van der Waals surface area contributed by atoms with E-state index < -0.39 is 0 Å². The molecule has 2 N–H and O–H groups in total. The van der Waals surface area contributed by atoms with Gasteiger partial charge in [-0.05, 0) is 30.7 Å². The van der Waals surface area contributed by atoms with Crippen LogP contribution in [0.3, 0.4) is 0 Å². The molecule has 2 rings (SSSR count). The van der Waals surface area contributed by atoms with Crippen LogP contribution in [-0.2, 0) is 11.3 Å². The Morgan fingerprint density at radius 3 is 2.59 bits per heavy atom. The highest BCUT2D eigenvalue weighted by molar-refractivity contribution is 6.32. The van der Waals surface area contributed by atoms with Crippen molar-refractivity contribution in [1.82, 2.24) is 5.32 Å². The highest BCUT2D eigenvalue weighted by Gasteiger charge is 2.13. The number of halogens is 1. The number of carbonyl (C=O) groups excluding carboxylic acids is 1. The van der Waals surface area contributed by atoms with Crippen LogP contribution in [0.4, 0.5) is 5.69 Å². The van der Waals surface area contributed by atoms with E-state index in [4.69, 9.17) is 16.3 Å². The zero-order chi connectivity index (χ0) is 15.9. The average molecular weight is 319 g/mol. The fraction of sp³-hybridized carbons (Fsp3) is 0.235. The number of hydrogen-bond acceptors (Lipinski definition) is 3. The van der Waals surface area contributed by atoms with Crippen LogP contribution < -0.4 is 15.4 Å². The molecule has 0 aliphatic carbocycles. The summed E-state index contributed by atoms with van der Waals surface area (Å²) in [4.78, 5) is 12.1. The smallest absolute Gasteiger partial charge is 0.242 e. The van der Waals surface area contributed by atoms with Crippen molar-refractivity contribution in [3.8, 4) is 5.75 Å². The molecule has 0 radical (unpaired) electrons. The monoisotopic (exact) mass is 318 g/mol. The summed E-state index contributed by atoms with van der Waals surface area (Å²) in [5.41, 5.74) is 1.84. The third-order valence-electron chi connectivity index (χ3n) is 3.24. The van der Waals surface area contributed by atoms with Gasteiger partial charge in [-0.1, -0.05) is 41.9 Å². The number of carbonyl (C=O) groups is 1. The average Bonchev–Trinajstić information content (AvgIpc) is 2.53. The van der Waals surface area contributed by atoms with E-state index in [-0.39, 0.29) is 11.9 Å². The maximum absolute atomic E-state index is 12.1. The van der Waals surface area contributed by atoms with Crippen LogP contribution in [0.1, 0.15) is 12.5 Å². The first-order valence-electron chi connectivity index (χ1n) is 7.02. The Morgan fingerprint density at radius 1 is 1.23 bits per heavy atom. The summed E-state index contributed by atoms with van der Waals surface area (Å²) >= 11 is 6.07. The zero-order valence-electron chi connectivity index (χ0n) is 12.6. The largest absolute Gasteiger partial charge is 0.495 e. The summed E-state index contributed by atoms with van der Waals surface area (Å²) in [6.45, 7) is 2.31. The standard InChI is InChI=1S/C17H19ClN2O2/c1-12(17(21)19-11-13-6-4-3-5-7-13)20-14-8-9-16(22-2)15(18)10-14/h3-10,12,20H,11H2,1-2H3,(H,19,21)/t12-/m0/s1. The van der Waals surface area contributed by atoms with Crippen molar-refractivity contribution in [3.05, 3.63) is 59.1 Å². The predicted molar refractivity (Wildman–Crippen MR) is 89.4 cm³/mol. The van der Waals surface area contributed by atoms with Gasteiger partial charge in [0.25, 0.3) is 0 Å². The molecule has 2 aromatic rings. The Hall–Kier alpha value is -2.20. The maximum Gasteiger partial charge on any atom is 0.242 e. The van der Waals surface area contributed by atoms with Gasteiger partial charge in [-0.25, -0.2) is 0 Å². The van der Waals surface area contributed by atoms with Crippen LogP contribution >= 0.6 is 11.6 Å². The first kappa shape index (κ1) is 16.2. The molecule has 0 bridgehead atoms. The van der Waals surface area contributed by atoms with Crippen LogP contribution in [0.15, 0.2) is 48.5 Å². The fourth-order valence-corrected chi connectivity index (χ4v) is 2.27. The van der Waals surface area contributed by atoms with Gasteiger partial charge in [0.1, 0.15) is 11.8 Å². The van der Waals surface area contributed by atoms with Crippen LogP contribution in [-0.4, -0.2) is 19.1 Å². The van der Waals surface area contributed by atoms with Crippen molar-refractivity contribution in [2.45, 2.75) is 19.5 Å². The first-order valence-corrected chi connectivity index (χ1v) is 7.39. The van der Waals surface area contributed by atoms with Gasteiger partial charge in [0.05, 0.1) is 12.1 Å². The highest BCUT2D eigenvalue weighted by Crippen LogP contribution is 2.27. The number of amides is 1. The van der Waals surface area contributed by atoms with Gasteiger partial charge >= 0.3 is 0 Å². The molecule has 5 heteroatoms. The third-order valence-corrected chi connectivity index (χ3v) is 3.53. The lowest BCUT2D eigenvalue weighted by Gasteiger charge is -2.16. The van der Waals surface area contributed by atoms with Crippen molar-refractivity contribution in [1.29, 1.82) is 0 Å². The second kappa shape index (κ2) is 7.71. The van der Waals surface area contributed by atoms with E-state index >= 15 is 0 Å². The number of benzene rings is 2. The minimum absolute atomic E-state index is 0.0733. The van der Waals surface area contributed by atoms with Gasteiger partial charge in [-0.2, -0.15) is 0 Å². The Labute approximate surface area is 135 Å². The van der Waals surface area contributed by atoms with E-state index in [0.29, 0.717) is 17.3 Å². The van der Waals surface area contributed by atoms with E-state index in [1.807, 2.05) is 36.4 Å². The van der Waals surface area contributed by atoms with Gasteiger partial charge in [0, 0.05) is 12.2 Å². The number of rotatable bonds is 6. The topological polar surface area (TPSA) is 50.4 Å². The first-order chi connectivity index (χ1) is 10.6. The van der Waals surface area contributed by atoms with Gasteiger partial charge in [0.2, 0.25) is 5.91 Å². The second-order valence-corrected chi connectivity index (χ2v) is 5.33. The molecule has 1 amide bonds. The van der Waals surface area contributed by atoms with Crippen molar-refractivity contribution in [3.63, 3.8) is 0 Å². The summed E-state index contributed by atoms with van der Waals surface area (Å²) in [5.74, 6) is 0.532. The highest BCUT2D eigenvalue weighted by atomic mass is 35.5. The van der Waals surface area contributed by atoms with Gasteiger partial charge < -0.3 is 15.4 Å². The normalized spacial score (nSPS) is 11.6. The SMILES string of the molecule is COc1ccc(N[C@@H](C)C(=O)NCc2ccccc2)cc1Cl. The summed E-state index contributed by atoms with van der Waals surface area (Å²) in [7, 11) is 1.56. The van der Waals surface area contributed by atoms with Gasteiger partial charge in [0.15, 0.2) is 0 Å². The molecule has 0 aliphatic rings. The Kier molecular flexibility index (Phi) is 5.67. The Balaban J connectivity index is 1.89. The number of ether oxygens (including phenoxy) is 1. The molecule has 0 fully saturated rings. The lowest BCUT2D eigenvalue weighted by molar-refractivity contribution is -0.121. The summed E-state index contributed by atoms with van der Waals surface area (Å²) < 4.78 is 5.10. The van der Waals surface area contributed by atoms with E-state index in [1.165, 1.54) is 0 Å². The number of nitrogens with one attached hydrogen (secondary N) is 2. The molecule has 0 aromatic heterocycles. The summed E-state index contributed by atoms with van der Waals surface area (Å²) in [6, 6.07) is 14.7. The van der Waals surface area contributed by atoms with Crippen molar-refractivity contribution < 1.29 is 9.53 Å². The molecule has 0 heterocycles. The number of methoxy groups -OCH3 is 1. The van der Waals surface area contributed by atoms with E-state index in [0.717, 1.165) is 11.3 Å². The molecule has 0 saturated carbocycles. The molecule has 116 valence electrons. The Morgan fingerprint density at radius 2 is 1.95 bits per heavy atom. The third kappa shape index (κ3) is 4.40. The van der Waals surface area contributed by atoms with Crippen molar-refractivity contribution in [2.75, 3.05) is 12.4 Å². The quantitative estimate of drug-likeness (QED) is 0.857. The second-order valence-electron chi connectivity index (χ2n) is 4.92. The van der Waals surface area contributed by atoms with Gasteiger partial charge in [-0.15, -0.1) is 0 Å². The van der Waals surface area contributed by atoms with Crippen LogP contribution in [0.25, 0.3) is 0 Å². The molecule has 2 aromatic carbocycles. The molecular formula is C17H19ClN2O2. The molecule has 1 atom stereocenters. The summed E-state index contributed by atoms with van der Waals surface area (Å²) in [6.07, 6.45) is 0. The van der Waals surface area contributed by atoms with Crippen molar-refractivity contribution in [2.24, 2.45) is 0 Å². The molecule has 0 aliphatic heterocycles. The van der Waals surface area contributed by atoms with E-state index in [1.54, 1.807) is 26.2 Å². The molecule has 4 nitrogen and oxygen atoms in total. The number of anilines is 1. The van der Waals surface area contributed by atoms with Crippen molar-refractivity contribution >= 4 is 23.2 Å². The van der Waals surface area contributed by atoms with E-state index in [2.05, 4.69) is 10.6 Å². The maximum atomic E-state index is 12.1. The predicted octanol–water partition coefficient (Wildman–Crippen LogP) is 3.47. The summed E-state index contributed by atoms with van der Waals surface area (Å²) in [5, 5.41) is 6.52. The van der Waals surface area contributed by atoms with Gasteiger partial charge in [-0.3, -0.25) is 4.79 Å². The molecule has 0 unspecified atom stereocenters. The minimum atomic E-state index is -0.367. The Bertz CT molecular complexity index is 632. The lowest BCUT2D eigenvalue weighted by Crippen LogP contribution is -2.37.